The van der Waals surface area contributed by atoms with Crippen molar-refractivity contribution < 1.29 is 9.59 Å². The fourth-order valence-electron chi connectivity index (χ4n) is 2.78. The van der Waals surface area contributed by atoms with E-state index in [4.69, 9.17) is 0 Å². The van der Waals surface area contributed by atoms with E-state index in [1.807, 2.05) is 6.07 Å². The van der Waals surface area contributed by atoms with Crippen LogP contribution in [0.5, 0.6) is 0 Å². The number of nitrogens with zero attached hydrogens (tertiary/aromatic N) is 2. The maximum Gasteiger partial charge on any atom is 0.274 e. The number of H-pyrrole nitrogens is 1. The van der Waals surface area contributed by atoms with E-state index in [0.29, 0.717) is 36.4 Å². The number of likely N-dealkylation sites (tertiary alicyclic amines) is 1. The van der Waals surface area contributed by atoms with Crippen LogP contribution in [0, 0.1) is 0 Å². The number of thiol groups is 1. The molecule has 130 valence electrons. The fraction of sp³-hybridized carbons (Fsp3) is 0.294. The van der Waals surface area contributed by atoms with Crippen molar-refractivity contribution in [2.75, 3.05) is 13.1 Å². The van der Waals surface area contributed by atoms with Gasteiger partial charge in [0.15, 0.2) is 0 Å². The summed E-state index contributed by atoms with van der Waals surface area (Å²) in [5.41, 5.74) is 0.412. The van der Waals surface area contributed by atoms with Gasteiger partial charge >= 0.3 is 0 Å². The second-order valence-electron chi connectivity index (χ2n) is 5.86. The molecule has 2 aromatic rings. The van der Waals surface area contributed by atoms with Crippen LogP contribution in [0.15, 0.2) is 46.1 Å². The van der Waals surface area contributed by atoms with Crippen LogP contribution < -0.4 is 10.9 Å². The molecule has 1 saturated heterocycles. The van der Waals surface area contributed by atoms with Crippen LogP contribution in [-0.4, -0.2) is 46.0 Å². The summed E-state index contributed by atoms with van der Waals surface area (Å²) in [5, 5.41) is 9.02. The summed E-state index contributed by atoms with van der Waals surface area (Å²) in [6.07, 6.45) is 1.32. The topological polar surface area (TPSA) is 95.2 Å². The van der Waals surface area contributed by atoms with Gasteiger partial charge in [0.1, 0.15) is 5.69 Å². The first-order valence-corrected chi connectivity index (χ1v) is 8.43. The molecule has 0 unspecified atom stereocenters. The molecule has 1 fully saturated rings. The molecule has 2 N–H and O–H groups in total. The highest BCUT2D eigenvalue weighted by atomic mass is 32.1. The van der Waals surface area contributed by atoms with Gasteiger partial charge in [-0.25, -0.2) is 5.10 Å². The quantitative estimate of drug-likeness (QED) is 0.716. The first kappa shape index (κ1) is 17.2. The van der Waals surface area contributed by atoms with E-state index in [1.54, 1.807) is 23.1 Å². The summed E-state index contributed by atoms with van der Waals surface area (Å²) in [6, 6.07) is 9.84. The van der Waals surface area contributed by atoms with E-state index in [1.165, 1.54) is 12.1 Å². The van der Waals surface area contributed by atoms with Crippen LogP contribution in [-0.2, 0) is 0 Å². The second-order valence-corrected chi connectivity index (χ2v) is 6.35. The number of amides is 2. The number of piperidine rings is 1. The Balaban J connectivity index is 1.56. The van der Waals surface area contributed by atoms with Crippen molar-refractivity contribution in [3.63, 3.8) is 0 Å². The Morgan fingerprint density at radius 1 is 1.16 bits per heavy atom. The molecule has 0 saturated carbocycles. The van der Waals surface area contributed by atoms with Gasteiger partial charge in [-0.2, -0.15) is 5.10 Å². The van der Waals surface area contributed by atoms with Gasteiger partial charge in [-0.3, -0.25) is 14.4 Å². The lowest BCUT2D eigenvalue weighted by Gasteiger charge is -2.32. The summed E-state index contributed by atoms with van der Waals surface area (Å²) in [5.74, 6) is -0.376. The van der Waals surface area contributed by atoms with Crippen LogP contribution in [0.4, 0.5) is 0 Å². The van der Waals surface area contributed by atoms with Crippen molar-refractivity contribution in [2.24, 2.45) is 0 Å². The average molecular weight is 358 g/mol. The van der Waals surface area contributed by atoms with Gasteiger partial charge < -0.3 is 10.2 Å². The van der Waals surface area contributed by atoms with Gasteiger partial charge in [0.05, 0.1) is 5.56 Å². The molecule has 0 aliphatic carbocycles. The van der Waals surface area contributed by atoms with Gasteiger partial charge in [0.25, 0.3) is 17.4 Å². The molecule has 3 rings (SSSR count). The number of hydrogen-bond acceptors (Lipinski definition) is 5. The van der Waals surface area contributed by atoms with Crippen LogP contribution in [0.3, 0.4) is 0 Å². The van der Waals surface area contributed by atoms with Crippen molar-refractivity contribution in [3.05, 3.63) is 58.0 Å². The highest BCUT2D eigenvalue weighted by molar-refractivity contribution is 7.80. The number of benzene rings is 1. The third kappa shape index (κ3) is 4.08. The maximum atomic E-state index is 12.3. The number of nitrogens with one attached hydrogen (secondary N) is 2. The molecular weight excluding hydrogens is 340 g/mol. The van der Waals surface area contributed by atoms with Crippen molar-refractivity contribution in [1.29, 1.82) is 0 Å². The normalized spacial score (nSPS) is 15.0. The third-order valence-corrected chi connectivity index (χ3v) is 4.55. The molecule has 7 nitrogen and oxygen atoms in total. The second kappa shape index (κ2) is 7.52. The van der Waals surface area contributed by atoms with E-state index < -0.39 is 0 Å². The monoisotopic (exact) mass is 358 g/mol. The number of carbonyl (C=O) groups excluding carboxylic acids is 2. The van der Waals surface area contributed by atoms with E-state index in [9.17, 15) is 14.4 Å². The smallest absolute Gasteiger partial charge is 0.274 e. The summed E-state index contributed by atoms with van der Waals surface area (Å²) in [6.45, 7) is 1.04. The molecule has 1 aliphatic heterocycles. The molecule has 0 spiro atoms. The largest absolute Gasteiger partial charge is 0.349 e. The molecule has 1 aliphatic rings. The highest BCUT2D eigenvalue weighted by Gasteiger charge is 2.25. The van der Waals surface area contributed by atoms with Crippen LogP contribution in [0.1, 0.15) is 33.7 Å². The van der Waals surface area contributed by atoms with Crippen molar-refractivity contribution in [2.45, 2.75) is 23.8 Å². The van der Waals surface area contributed by atoms with E-state index >= 15 is 0 Å². The Morgan fingerprint density at radius 3 is 2.52 bits per heavy atom. The fourth-order valence-corrected chi connectivity index (χ4v) is 3.04. The lowest BCUT2D eigenvalue weighted by Crippen LogP contribution is -2.46. The summed E-state index contributed by atoms with van der Waals surface area (Å²) in [4.78, 5) is 38.0. The Hall–Kier alpha value is -2.61. The number of rotatable bonds is 3. The summed E-state index contributed by atoms with van der Waals surface area (Å²) >= 11 is 4.30. The maximum absolute atomic E-state index is 12.3. The van der Waals surface area contributed by atoms with Crippen LogP contribution in [0.25, 0.3) is 0 Å². The molecule has 0 atom stereocenters. The lowest BCUT2D eigenvalue weighted by molar-refractivity contribution is 0.0691. The summed E-state index contributed by atoms with van der Waals surface area (Å²) < 4.78 is 0. The molecule has 1 aromatic heterocycles. The van der Waals surface area contributed by atoms with Crippen molar-refractivity contribution in [3.8, 4) is 0 Å². The molecule has 8 heteroatoms. The Labute approximate surface area is 149 Å². The number of aromatic nitrogens is 2. The molecule has 2 heterocycles. The summed E-state index contributed by atoms with van der Waals surface area (Å²) in [7, 11) is 0. The van der Waals surface area contributed by atoms with Crippen LogP contribution >= 0.6 is 12.6 Å². The minimum absolute atomic E-state index is 0.00743. The van der Waals surface area contributed by atoms with E-state index in [2.05, 4.69) is 28.1 Å². The Bertz CT molecular complexity index is 823. The average Bonchev–Trinajstić information content (AvgIpc) is 2.63. The van der Waals surface area contributed by atoms with Crippen LogP contribution in [0.2, 0.25) is 0 Å². The minimum Gasteiger partial charge on any atom is -0.349 e. The number of aromatic amines is 1. The Morgan fingerprint density at radius 2 is 1.88 bits per heavy atom. The lowest BCUT2D eigenvalue weighted by atomic mass is 10.0. The molecule has 2 amide bonds. The SMILES string of the molecule is O=C(NC1CCN(C(=O)c2ccc(=O)[nH]n2)CC1)c1ccccc1S. The van der Waals surface area contributed by atoms with Gasteiger partial charge in [-0.1, -0.05) is 12.1 Å². The molecule has 0 radical (unpaired) electrons. The minimum atomic E-state index is -0.345. The number of carbonyl (C=O) groups is 2. The van der Waals surface area contributed by atoms with Crippen molar-refractivity contribution in [1.82, 2.24) is 20.4 Å². The first-order chi connectivity index (χ1) is 12.0. The van der Waals surface area contributed by atoms with Crippen molar-refractivity contribution >= 4 is 24.4 Å². The number of hydrogen-bond donors (Lipinski definition) is 3. The molecule has 0 bridgehead atoms. The predicted octanol–water partition coefficient (Wildman–Crippen LogP) is 1.09. The zero-order valence-corrected chi connectivity index (χ0v) is 14.3. The standard InChI is InChI=1S/C17H18N4O3S/c22-15-6-5-13(19-20-15)17(24)21-9-7-11(8-10-21)18-16(23)12-3-1-2-4-14(12)25/h1-6,11,25H,7-10H2,(H,18,23)(H,20,22). The zero-order valence-electron chi connectivity index (χ0n) is 13.4. The van der Waals surface area contributed by atoms with E-state index in [-0.39, 0.29) is 29.1 Å². The van der Waals surface area contributed by atoms with Gasteiger partial charge in [-0.15, -0.1) is 12.6 Å². The van der Waals surface area contributed by atoms with Gasteiger partial charge in [-0.05, 0) is 31.0 Å². The first-order valence-electron chi connectivity index (χ1n) is 7.98. The van der Waals surface area contributed by atoms with Gasteiger partial charge in [0.2, 0.25) is 0 Å². The Kier molecular flexibility index (Phi) is 5.18. The highest BCUT2D eigenvalue weighted by Crippen LogP contribution is 2.16. The zero-order chi connectivity index (χ0) is 17.8. The van der Waals surface area contributed by atoms with E-state index in [0.717, 1.165) is 0 Å². The molecule has 25 heavy (non-hydrogen) atoms. The molecular formula is C17H18N4O3S. The predicted molar refractivity (Wildman–Crippen MR) is 94.9 cm³/mol. The third-order valence-electron chi connectivity index (χ3n) is 4.16. The molecule has 1 aromatic carbocycles. The van der Waals surface area contributed by atoms with Gasteiger partial charge in [0, 0.05) is 30.1 Å².